The first-order chi connectivity index (χ1) is 10.9. The van der Waals surface area contributed by atoms with E-state index < -0.39 is 0 Å². The molecule has 9 heteroatoms. The molecule has 3 rings (SSSR count). The minimum atomic E-state index is -0.221. The van der Waals surface area contributed by atoms with E-state index in [9.17, 15) is 9.59 Å². The van der Waals surface area contributed by atoms with Gasteiger partial charge in [-0.2, -0.15) is 0 Å². The van der Waals surface area contributed by atoms with Gasteiger partial charge in [0, 0.05) is 24.8 Å². The van der Waals surface area contributed by atoms with Crippen molar-refractivity contribution in [2.45, 2.75) is 35.6 Å². The molecule has 0 bridgehead atoms. The van der Waals surface area contributed by atoms with Gasteiger partial charge in [0.2, 0.25) is 5.91 Å². The van der Waals surface area contributed by atoms with Crippen molar-refractivity contribution in [3.05, 3.63) is 27.9 Å². The highest BCUT2D eigenvalue weighted by Crippen LogP contribution is 2.33. The van der Waals surface area contributed by atoms with Crippen LogP contribution in [0.5, 0.6) is 0 Å². The molecule has 1 amide bonds. The normalized spacial score (nSPS) is 16.4. The first kappa shape index (κ1) is 16.1. The van der Waals surface area contributed by atoms with Gasteiger partial charge >= 0.3 is 0 Å². The number of amides is 1. The number of aryl methyl sites for hydroxylation is 1. The van der Waals surface area contributed by atoms with Crippen LogP contribution in [0.1, 0.15) is 18.4 Å². The lowest BCUT2D eigenvalue weighted by Crippen LogP contribution is -2.23. The number of anilines is 1. The van der Waals surface area contributed by atoms with Crippen molar-refractivity contribution in [2.24, 2.45) is 7.05 Å². The molecule has 3 heterocycles. The number of rotatable bonds is 4. The molecule has 0 saturated carbocycles. The van der Waals surface area contributed by atoms with Gasteiger partial charge in [-0.05, 0) is 6.92 Å². The molecular weight excluding hydrogens is 336 g/mol. The Morgan fingerprint density at radius 1 is 1.61 bits per heavy atom. The zero-order chi connectivity index (χ0) is 16.6. The van der Waals surface area contributed by atoms with Gasteiger partial charge in [-0.3, -0.25) is 14.2 Å². The fourth-order valence-corrected chi connectivity index (χ4v) is 4.17. The van der Waals surface area contributed by atoms with Crippen LogP contribution >= 0.6 is 23.5 Å². The van der Waals surface area contributed by atoms with Gasteiger partial charge in [0.05, 0.1) is 16.3 Å². The highest BCUT2D eigenvalue weighted by atomic mass is 32.2. The van der Waals surface area contributed by atoms with E-state index in [-0.39, 0.29) is 17.2 Å². The van der Waals surface area contributed by atoms with E-state index in [4.69, 9.17) is 4.52 Å². The summed E-state index contributed by atoms with van der Waals surface area (Å²) in [5, 5.41) is 7.27. The summed E-state index contributed by atoms with van der Waals surface area (Å²) in [6.45, 7) is 3.83. The van der Waals surface area contributed by atoms with Gasteiger partial charge in [0.25, 0.3) is 5.56 Å². The smallest absolute Gasteiger partial charge is 0.267 e. The predicted molar refractivity (Wildman–Crippen MR) is 89.1 cm³/mol. The standard InChI is InChI=1S/C14H16N4O3S2/c1-7-4-10(17-21-7)16-11(19)6-22-14-15-9-5-8(2)23-12(9)13(20)18(14)3/h4,8H,5-6H2,1-3H3,(H,16,17,19). The molecule has 7 nitrogen and oxygen atoms in total. The van der Waals surface area contributed by atoms with Crippen LogP contribution in [0.2, 0.25) is 0 Å². The van der Waals surface area contributed by atoms with Crippen molar-refractivity contribution >= 4 is 35.2 Å². The number of hydrogen-bond acceptors (Lipinski definition) is 7. The SMILES string of the molecule is Cc1cc(NC(=O)CSc2nc3c(c(=O)n2C)SC(C)C3)no1. The quantitative estimate of drug-likeness (QED) is 0.663. The molecule has 0 aliphatic carbocycles. The zero-order valence-corrected chi connectivity index (χ0v) is 14.6. The second-order valence-electron chi connectivity index (χ2n) is 5.33. The van der Waals surface area contributed by atoms with Crippen molar-refractivity contribution in [3.63, 3.8) is 0 Å². The number of carbonyl (C=O) groups excluding carboxylic acids is 1. The second-order valence-corrected chi connectivity index (χ2v) is 7.72. The number of hydrogen-bond donors (Lipinski definition) is 1. The lowest BCUT2D eigenvalue weighted by molar-refractivity contribution is -0.113. The molecule has 23 heavy (non-hydrogen) atoms. The molecule has 2 aromatic rings. The van der Waals surface area contributed by atoms with Crippen molar-refractivity contribution in [1.29, 1.82) is 0 Å². The van der Waals surface area contributed by atoms with Crippen molar-refractivity contribution < 1.29 is 9.32 Å². The van der Waals surface area contributed by atoms with Crippen molar-refractivity contribution in [3.8, 4) is 0 Å². The molecule has 1 aliphatic heterocycles. The summed E-state index contributed by atoms with van der Waals surface area (Å²) in [5.74, 6) is 0.936. The minimum absolute atomic E-state index is 0.0422. The van der Waals surface area contributed by atoms with Crippen LogP contribution in [-0.2, 0) is 18.3 Å². The Morgan fingerprint density at radius 3 is 3.09 bits per heavy atom. The lowest BCUT2D eigenvalue weighted by Gasteiger charge is -2.08. The maximum atomic E-state index is 12.3. The number of fused-ring (bicyclic) bond motifs is 1. The maximum absolute atomic E-state index is 12.3. The lowest BCUT2D eigenvalue weighted by atomic mass is 10.2. The van der Waals surface area contributed by atoms with Gasteiger partial charge in [-0.25, -0.2) is 4.98 Å². The largest absolute Gasteiger partial charge is 0.360 e. The van der Waals surface area contributed by atoms with Crippen molar-refractivity contribution in [2.75, 3.05) is 11.1 Å². The summed E-state index contributed by atoms with van der Waals surface area (Å²) in [7, 11) is 1.68. The second kappa shape index (κ2) is 6.40. The van der Waals surface area contributed by atoms with Crippen LogP contribution in [0.3, 0.4) is 0 Å². The van der Waals surface area contributed by atoms with E-state index in [2.05, 4.69) is 22.4 Å². The van der Waals surface area contributed by atoms with E-state index in [0.717, 1.165) is 17.0 Å². The molecule has 122 valence electrons. The Morgan fingerprint density at radius 2 is 2.39 bits per heavy atom. The highest BCUT2D eigenvalue weighted by molar-refractivity contribution is 8.00. The Bertz CT molecular complexity index is 815. The van der Waals surface area contributed by atoms with Gasteiger partial charge in [-0.1, -0.05) is 23.8 Å². The van der Waals surface area contributed by atoms with E-state index in [1.54, 1.807) is 31.8 Å². The number of aromatic nitrogens is 3. The molecule has 0 fully saturated rings. The maximum Gasteiger partial charge on any atom is 0.267 e. The monoisotopic (exact) mass is 352 g/mol. The molecular formula is C14H16N4O3S2. The molecule has 0 saturated heterocycles. The van der Waals surface area contributed by atoms with E-state index in [1.165, 1.54) is 16.3 Å². The average Bonchev–Trinajstić information content (AvgIpc) is 3.07. The molecule has 0 aromatic carbocycles. The van der Waals surface area contributed by atoms with Gasteiger partial charge < -0.3 is 9.84 Å². The van der Waals surface area contributed by atoms with Gasteiger partial charge in [0.1, 0.15) is 5.76 Å². The molecule has 1 unspecified atom stereocenters. The summed E-state index contributed by atoms with van der Waals surface area (Å²) in [6.07, 6.45) is 0.786. The van der Waals surface area contributed by atoms with Crippen LogP contribution in [0.25, 0.3) is 0 Å². The summed E-state index contributed by atoms with van der Waals surface area (Å²) in [5.41, 5.74) is 0.792. The first-order valence-corrected chi connectivity index (χ1v) is 8.93. The fourth-order valence-electron chi connectivity index (χ4n) is 2.24. The Balaban J connectivity index is 1.69. The van der Waals surface area contributed by atoms with Crippen LogP contribution in [0.15, 0.2) is 25.4 Å². The third-order valence-electron chi connectivity index (χ3n) is 3.31. The number of nitrogens with zero attached hydrogens (tertiary/aromatic N) is 3. The molecule has 1 aliphatic rings. The average molecular weight is 352 g/mol. The first-order valence-electron chi connectivity index (χ1n) is 7.06. The van der Waals surface area contributed by atoms with Crippen LogP contribution in [0, 0.1) is 6.92 Å². The summed E-state index contributed by atoms with van der Waals surface area (Å²) in [4.78, 5) is 29.5. The summed E-state index contributed by atoms with van der Waals surface area (Å²) >= 11 is 2.80. The predicted octanol–water partition coefficient (Wildman–Crippen LogP) is 1.84. The van der Waals surface area contributed by atoms with E-state index in [1.807, 2.05) is 0 Å². The topological polar surface area (TPSA) is 90.0 Å². The van der Waals surface area contributed by atoms with Crippen LogP contribution in [0.4, 0.5) is 5.82 Å². The minimum Gasteiger partial charge on any atom is -0.360 e. The number of carbonyl (C=O) groups is 1. The fraction of sp³-hybridized carbons (Fsp3) is 0.429. The third-order valence-corrected chi connectivity index (χ3v) is 5.55. The number of thioether (sulfide) groups is 2. The highest BCUT2D eigenvalue weighted by Gasteiger charge is 2.25. The number of nitrogens with one attached hydrogen (secondary N) is 1. The van der Waals surface area contributed by atoms with E-state index >= 15 is 0 Å². The third kappa shape index (κ3) is 3.45. The molecule has 0 spiro atoms. The Hall–Kier alpha value is -1.74. The van der Waals surface area contributed by atoms with Gasteiger partial charge in [-0.15, -0.1) is 11.8 Å². The molecule has 2 aromatic heterocycles. The molecule has 1 atom stereocenters. The summed E-state index contributed by atoms with van der Waals surface area (Å²) in [6, 6.07) is 1.64. The summed E-state index contributed by atoms with van der Waals surface area (Å²) < 4.78 is 6.39. The zero-order valence-electron chi connectivity index (χ0n) is 13.0. The van der Waals surface area contributed by atoms with Crippen LogP contribution < -0.4 is 10.9 Å². The Kier molecular flexibility index (Phi) is 4.49. The van der Waals surface area contributed by atoms with Crippen LogP contribution in [-0.4, -0.2) is 31.6 Å². The van der Waals surface area contributed by atoms with E-state index in [0.29, 0.717) is 22.0 Å². The Labute approximate surface area is 141 Å². The molecule has 1 N–H and O–H groups in total. The van der Waals surface area contributed by atoms with Crippen molar-refractivity contribution in [1.82, 2.24) is 14.7 Å². The van der Waals surface area contributed by atoms with Gasteiger partial charge in [0.15, 0.2) is 11.0 Å². The molecule has 0 radical (unpaired) electrons.